The summed E-state index contributed by atoms with van der Waals surface area (Å²) >= 11 is 1.58. The minimum atomic E-state index is 0.118. The summed E-state index contributed by atoms with van der Waals surface area (Å²) in [5.74, 6) is 2.30. The predicted molar refractivity (Wildman–Crippen MR) is 79.0 cm³/mol. The Bertz CT molecular complexity index is 412. The first-order valence-electron chi connectivity index (χ1n) is 6.89. The van der Waals surface area contributed by atoms with Crippen LogP contribution in [0.4, 0.5) is 0 Å². The van der Waals surface area contributed by atoms with Crippen LogP contribution in [-0.4, -0.2) is 18.2 Å². The van der Waals surface area contributed by atoms with E-state index in [0.717, 1.165) is 24.5 Å². The predicted octanol–water partition coefficient (Wildman–Crippen LogP) is 3.52. The van der Waals surface area contributed by atoms with Gasteiger partial charge in [0.05, 0.1) is 17.8 Å². The number of carbonyl (C=O) groups is 1. The van der Waals surface area contributed by atoms with Crippen molar-refractivity contribution in [3.63, 3.8) is 0 Å². The molecular weight excluding hydrogens is 258 g/mol. The zero-order chi connectivity index (χ0) is 13.3. The number of nitrogens with one attached hydrogen (secondary N) is 1. The molecular formula is C15H21NO2S. The Morgan fingerprint density at radius 2 is 2.37 bits per heavy atom. The molecule has 0 aliphatic heterocycles. The highest BCUT2D eigenvalue weighted by molar-refractivity contribution is 7.99. The van der Waals surface area contributed by atoms with Gasteiger partial charge in [0.15, 0.2) is 0 Å². The Morgan fingerprint density at radius 3 is 3.11 bits per heavy atom. The molecule has 1 aliphatic carbocycles. The maximum absolute atomic E-state index is 11.6. The highest BCUT2D eigenvalue weighted by atomic mass is 32.2. The Hall–Kier alpha value is -1.16. The fraction of sp³-hybridized carbons (Fsp3) is 0.533. The minimum Gasteiger partial charge on any atom is -0.468 e. The molecule has 1 aliphatic rings. The standard InChI is InChI=1S/C15H21NO2S/c17-15(12-19-11-14-7-4-10-18-14)16-9-8-13-5-2-1-3-6-13/h4-5,7,10H,1-3,6,8-9,11-12H2,(H,16,17). The number of rotatable bonds is 7. The van der Waals surface area contributed by atoms with Crippen LogP contribution in [0, 0.1) is 0 Å². The second kappa shape index (κ2) is 8.10. The van der Waals surface area contributed by atoms with Crippen LogP contribution in [0.2, 0.25) is 0 Å². The van der Waals surface area contributed by atoms with Crippen molar-refractivity contribution in [3.8, 4) is 0 Å². The topological polar surface area (TPSA) is 42.2 Å². The van der Waals surface area contributed by atoms with Gasteiger partial charge >= 0.3 is 0 Å². The molecule has 2 rings (SSSR count). The fourth-order valence-electron chi connectivity index (χ4n) is 2.18. The van der Waals surface area contributed by atoms with Crippen molar-refractivity contribution in [1.82, 2.24) is 5.32 Å². The van der Waals surface area contributed by atoms with Gasteiger partial charge < -0.3 is 9.73 Å². The van der Waals surface area contributed by atoms with Gasteiger partial charge in [-0.25, -0.2) is 0 Å². The molecule has 104 valence electrons. The van der Waals surface area contributed by atoms with Gasteiger partial charge in [-0.2, -0.15) is 0 Å². The van der Waals surface area contributed by atoms with Crippen LogP contribution in [0.5, 0.6) is 0 Å². The Labute approximate surface area is 118 Å². The summed E-state index contributed by atoms with van der Waals surface area (Å²) < 4.78 is 5.22. The van der Waals surface area contributed by atoms with E-state index in [1.54, 1.807) is 18.0 Å². The first-order chi connectivity index (χ1) is 9.34. The molecule has 1 heterocycles. The van der Waals surface area contributed by atoms with Gasteiger partial charge in [-0.15, -0.1) is 11.8 Å². The molecule has 3 nitrogen and oxygen atoms in total. The maximum atomic E-state index is 11.6. The van der Waals surface area contributed by atoms with Crippen LogP contribution < -0.4 is 5.32 Å². The molecule has 1 aromatic rings. The van der Waals surface area contributed by atoms with Crippen molar-refractivity contribution < 1.29 is 9.21 Å². The normalized spacial score (nSPS) is 15.1. The van der Waals surface area contributed by atoms with Crippen LogP contribution in [0.25, 0.3) is 0 Å². The summed E-state index contributed by atoms with van der Waals surface area (Å²) in [4.78, 5) is 11.6. The Morgan fingerprint density at radius 1 is 1.42 bits per heavy atom. The lowest BCUT2D eigenvalue weighted by Crippen LogP contribution is -2.26. The van der Waals surface area contributed by atoms with Gasteiger partial charge in [0.2, 0.25) is 5.91 Å². The Kier molecular flexibility index (Phi) is 6.08. The smallest absolute Gasteiger partial charge is 0.230 e. The monoisotopic (exact) mass is 279 g/mol. The van der Waals surface area contributed by atoms with Gasteiger partial charge in [-0.1, -0.05) is 11.6 Å². The van der Waals surface area contributed by atoms with Gasteiger partial charge in [0.25, 0.3) is 0 Å². The van der Waals surface area contributed by atoms with E-state index in [4.69, 9.17) is 4.42 Å². The van der Waals surface area contributed by atoms with Crippen molar-refractivity contribution in [2.45, 2.75) is 37.9 Å². The van der Waals surface area contributed by atoms with E-state index in [9.17, 15) is 4.79 Å². The number of amides is 1. The lowest BCUT2D eigenvalue weighted by molar-refractivity contribution is -0.118. The quantitative estimate of drug-likeness (QED) is 0.777. The molecule has 1 aromatic heterocycles. The summed E-state index contributed by atoms with van der Waals surface area (Å²) in [5, 5.41) is 2.98. The number of carbonyl (C=O) groups excluding carboxylic acids is 1. The lowest BCUT2D eigenvalue weighted by atomic mass is 9.97. The molecule has 1 amide bonds. The third-order valence-corrected chi connectivity index (χ3v) is 4.17. The molecule has 19 heavy (non-hydrogen) atoms. The van der Waals surface area contributed by atoms with E-state index in [0.29, 0.717) is 5.75 Å². The minimum absolute atomic E-state index is 0.118. The molecule has 0 unspecified atom stereocenters. The zero-order valence-electron chi connectivity index (χ0n) is 11.2. The number of furan rings is 1. The summed E-state index contributed by atoms with van der Waals surface area (Å²) in [6.07, 6.45) is 10.0. The summed E-state index contributed by atoms with van der Waals surface area (Å²) in [5.41, 5.74) is 1.51. The Balaban J connectivity index is 1.53. The van der Waals surface area contributed by atoms with Gasteiger partial charge in [0, 0.05) is 6.54 Å². The van der Waals surface area contributed by atoms with Crippen molar-refractivity contribution in [3.05, 3.63) is 35.8 Å². The van der Waals surface area contributed by atoms with Crippen molar-refractivity contribution in [2.75, 3.05) is 12.3 Å². The molecule has 4 heteroatoms. The largest absolute Gasteiger partial charge is 0.468 e. The first kappa shape index (κ1) is 14.3. The number of thioether (sulfide) groups is 1. The van der Waals surface area contributed by atoms with Crippen LogP contribution >= 0.6 is 11.8 Å². The van der Waals surface area contributed by atoms with Crippen LogP contribution in [-0.2, 0) is 10.5 Å². The summed E-state index contributed by atoms with van der Waals surface area (Å²) in [6.45, 7) is 0.770. The highest BCUT2D eigenvalue weighted by Gasteiger charge is 2.05. The highest BCUT2D eigenvalue weighted by Crippen LogP contribution is 2.19. The van der Waals surface area contributed by atoms with E-state index in [2.05, 4.69) is 11.4 Å². The summed E-state index contributed by atoms with van der Waals surface area (Å²) in [6, 6.07) is 3.80. The SMILES string of the molecule is O=C(CSCc1ccco1)NCCC1=CCCCC1. The van der Waals surface area contributed by atoms with Crippen LogP contribution in [0.3, 0.4) is 0 Å². The van der Waals surface area contributed by atoms with E-state index in [1.807, 2.05) is 12.1 Å². The summed E-state index contributed by atoms with van der Waals surface area (Å²) in [7, 11) is 0. The fourth-order valence-corrected chi connectivity index (χ4v) is 2.94. The van der Waals surface area contributed by atoms with Crippen molar-refractivity contribution in [1.29, 1.82) is 0 Å². The zero-order valence-corrected chi connectivity index (χ0v) is 12.0. The molecule has 1 N–H and O–H groups in total. The second-order valence-corrected chi connectivity index (χ2v) is 5.77. The number of hydrogen-bond donors (Lipinski definition) is 1. The third kappa shape index (κ3) is 5.55. The first-order valence-corrected chi connectivity index (χ1v) is 8.05. The number of allylic oxidation sites excluding steroid dienone is 1. The molecule has 0 bridgehead atoms. The molecule has 0 saturated carbocycles. The molecule has 0 saturated heterocycles. The molecule has 0 fully saturated rings. The molecule has 0 atom stereocenters. The van der Waals surface area contributed by atoms with Crippen molar-refractivity contribution >= 4 is 17.7 Å². The van der Waals surface area contributed by atoms with Crippen molar-refractivity contribution in [2.24, 2.45) is 0 Å². The number of hydrogen-bond acceptors (Lipinski definition) is 3. The van der Waals surface area contributed by atoms with E-state index in [1.165, 1.54) is 31.3 Å². The van der Waals surface area contributed by atoms with E-state index < -0.39 is 0 Å². The van der Waals surface area contributed by atoms with Gasteiger partial charge in [0.1, 0.15) is 5.76 Å². The van der Waals surface area contributed by atoms with Gasteiger partial charge in [-0.3, -0.25) is 4.79 Å². The molecule has 0 spiro atoms. The van der Waals surface area contributed by atoms with Crippen LogP contribution in [0.15, 0.2) is 34.5 Å². The maximum Gasteiger partial charge on any atom is 0.230 e. The average Bonchev–Trinajstić information content (AvgIpc) is 2.93. The van der Waals surface area contributed by atoms with E-state index >= 15 is 0 Å². The molecule has 0 aromatic carbocycles. The lowest BCUT2D eigenvalue weighted by Gasteiger charge is -2.12. The van der Waals surface area contributed by atoms with Gasteiger partial charge in [-0.05, 0) is 44.2 Å². The van der Waals surface area contributed by atoms with Crippen LogP contribution in [0.1, 0.15) is 37.9 Å². The molecule has 0 radical (unpaired) electrons. The third-order valence-electron chi connectivity index (χ3n) is 3.21. The van der Waals surface area contributed by atoms with E-state index in [-0.39, 0.29) is 5.91 Å². The second-order valence-electron chi connectivity index (χ2n) is 4.78. The average molecular weight is 279 g/mol.